The molecule has 0 aliphatic carbocycles. The van der Waals surface area contributed by atoms with E-state index in [1.807, 2.05) is 0 Å². The summed E-state index contributed by atoms with van der Waals surface area (Å²) >= 11 is 0. The van der Waals surface area contributed by atoms with Crippen molar-refractivity contribution in [1.82, 2.24) is 10.2 Å². The molecule has 0 aromatic heterocycles. The van der Waals surface area contributed by atoms with Gasteiger partial charge in [0.2, 0.25) is 0 Å². The molecule has 2 atom stereocenters. The lowest BCUT2D eigenvalue weighted by Gasteiger charge is -2.32. The normalized spacial score (nSPS) is 25.8. The molecule has 5 nitrogen and oxygen atoms in total. The Morgan fingerprint density at radius 1 is 1.25 bits per heavy atom. The van der Waals surface area contributed by atoms with Gasteiger partial charge in [0.15, 0.2) is 5.96 Å². The van der Waals surface area contributed by atoms with Gasteiger partial charge in [0.25, 0.3) is 0 Å². The molecule has 0 unspecified atom stereocenters. The van der Waals surface area contributed by atoms with E-state index in [4.69, 9.17) is 10.5 Å². The van der Waals surface area contributed by atoms with Crippen LogP contribution >= 0.6 is 0 Å². The van der Waals surface area contributed by atoms with Gasteiger partial charge in [-0.1, -0.05) is 30.3 Å². The van der Waals surface area contributed by atoms with Crippen LogP contribution in [0.25, 0.3) is 0 Å². The summed E-state index contributed by atoms with van der Waals surface area (Å²) < 4.78 is 5.59. The van der Waals surface area contributed by atoms with E-state index < -0.39 is 0 Å². The van der Waals surface area contributed by atoms with E-state index in [1.165, 1.54) is 24.9 Å². The first kappa shape index (κ1) is 17.2. The van der Waals surface area contributed by atoms with Gasteiger partial charge in [-0.2, -0.15) is 0 Å². The molecule has 2 heterocycles. The molecular formula is C19H30N4O. The standard InChI is InChI=1S/C19H30N4O/c20-19(22-13-18-9-5-11-24-18)21-12-17-8-4-10-23(15-17)14-16-6-2-1-3-7-16/h1-3,6-7,17-18H,4-5,8-15H2,(H3,20,21,22)/t17-,18+/m1/s1. The summed E-state index contributed by atoms with van der Waals surface area (Å²) in [5.41, 5.74) is 7.39. The van der Waals surface area contributed by atoms with Crippen molar-refractivity contribution in [2.45, 2.75) is 38.3 Å². The Morgan fingerprint density at radius 2 is 2.12 bits per heavy atom. The lowest BCUT2D eigenvalue weighted by atomic mass is 9.98. The molecule has 1 aromatic rings. The van der Waals surface area contributed by atoms with Crippen LogP contribution in [-0.4, -0.2) is 49.7 Å². The van der Waals surface area contributed by atoms with Crippen LogP contribution in [0.1, 0.15) is 31.2 Å². The molecule has 1 aromatic carbocycles. The number of rotatable bonds is 6. The van der Waals surface area contributed by atoms with Gasteiger partial charge in [-0.05, 0) is 43.7 Å². The fourth-order valence-corrected chi connectivity index (χ4v) is 3.59. The van der Waals surface area contributed by atoms with Crippen molar-refractivity contribution in [2.24, 2.45) is 16.6 Å². The zero-order chi connectivity index (χ0) is 16.6. The van der Waals surface area contributed by atoms with Gasteiger partial charge < -0.3 is 15.8 Å². The molecule has 0 spiro atoms. The number of likely N-dealkylation sites (tertiary alicyclic amines) is 1. The van der Waals surface area contributed by atoms with Crippen LogP contribution in [0.2, 0.25) is 0 Å². The number of nitrogens with two attached hydrogens (primary N) is 1. The number of nitrogens with one attached hydrogen (secondary N) is 1. The first-order chi connectivity index (χ1) is 11.8. The Hall–Kier alpha value is -1.59. The summed E-state index contributed by atoms with van der Waals surface area (Å²) in [6.45, 7) is 5.80. The summed E-state index contributed by atoms with van der Waals surface area (Å²) in [5.74, 6) is 1.16. The van der Waals surface area contributed by atoms with E-state index in [1.54, 1.807) is 0 Å². The number of piperidine rings is 1. The van der Waals surface area contributed by atoms with Gasteiger partial charge in [-0.15, -0.1) is 0 Å². The van der Waals surface area contributed by atoms with Crippen LogP contribution < -0.4 is 11.1 Å². The molecule has 2 aliphatic heterocycles. The zero-order valence-electron chi connectivity index (χ0n) is 14.5. The highest BCUT2D eigenvalue weighted by Crippen LogP contribution is 2.19. The van der Waals surface area contributed by atoms with Crippen molar-refractivity contribution in [2.75, 3.05) is 32.8 Å². The second-order valence-electron chi connectivity index (χ2n) is 6.97. The first-order valence-corrected chi connectivity index (χ1v) is 9.21. The van der Waals surface area contributed by atoms with Crippen molar-refractivity contribution >= 4 is 5.96 Å². The molecule has 3 rings (SSSR count). The molecule has 5 heteroatoms. The third-order valence-corrected chi connectivity index (χ3v) is 4.91. The third kappa shape index (κ3) is 5.49. The molecular weight excluding hydrogens is 300 g/mol. The highest BCUT2D eigenvalue weighted by Gasteiger charge is 2.20. The molecule has 0 bridgehead atoms. The molecule has 132 valence electrons. The summed E-state index contributed by atoms with van der Waals surface area (Å²) in [6, 6.07) is 10.7. The van der Waals surface area contributed by atoms with Crippen LogP contribution in [0, 0.1) is 5.92 Å². The van der Waals surface area contributed by atoms with Gasteiger partial charge >= 0.3 is 0 Å². The summed E-state index contributed by atoms with van der Waals surface area (Å²) in [4.78, 5) is 7.09. The molecule has 2 saturated heterocycles. The minimum atomic E-state index is 0.301. The van der Waals surface area contributed by atoms with Gasteiger partial charge in [0.05, 0.1) is 6.10 Å². The van der Waals surface area contributed by atoms with Crippen molar-refractivity contribution in [3.63, 3.8) is 0 Å². The number of hydrogen-bond donors (Lipinski definition) is 2. The molecule has 24 heavy (non-hydrogen) atoms. The Morgan fingerprint density at radius 3 is 2.92 bits per heavy atom. The fraction of sp³-hybridized carbons (Fsp3) is 0.632. The molecule has 0 radical (unpaired) electrons. The zero-order valence-corrected chi connectivity index (χ0v) is 14.5. The van der Waals surface area contributed by atoms with Crippen LogP contribution in [0.5, 0.6) is 0 Å². The maximum Gasteiger partial charge on any atom is 0.188 e. The SMILES string of the molecule is NC(=NC[C@H]1CCCN(Cc2ccccc2)C1)NC[C@@H]1CCCO1. The minimum absolute atomic E-state index is 0.301. The average molecular weight is 330 g/mol. The van der Waals surface area contributed by atoms with Gasteiger partial charge in [-0.25, -0.2) is 0 Å². The minimum Gasteiger partial charge on any atom is -0.376 e. The van der Waals surface area contributed by atoms with E-state index >= 15 is 0 Å². The lowest BCUT2D eigenvalue weighted by Crippen LogP contribution is -2.39. The topological polar surface area (TPSA) is 62.9 Å². The predicted octanol–water partition coefficient (Wildman–Crippen LogP) is 1.98. The first-order valence-electron chi connectivity index (χ1n) is 9.21. The van der Waals surface area contributed by atoms with E-state index in [0.717, 1.165) is 45.6 Å². The molecule has 3 N–H and O–H groups in total. The second kappa shape index (κ2) is 9.04. The summed E-state index contributed by atoms with van der Waals surface area (Å²) in [5, 5.41) is 3.20. The smallest absolute Gasteiger partial charge is 0.188 e. The highest BCUT2D eigenvalue weighted by atomic mass is 16.5. The molecule has 2 fully saturated rings. The van der Waals surface area contributed by atoms with Crippen molar-refractivity contribution in [3.05, 3.63) is 35.9 Å². The Bertz CT molecular complexity index is 513. The van der Waals surface area contributed by atoms with Crippen LogP contribution in [0.4, 0.5) is 0 Å². The molecule has 0 saturated carbocycles. The number of guanidine groups is 1. The maximum atomic E-state index is 6.00. The number of aliphatic imine (C=N–C) groups is 1. The maximum absolute atomic E-state index is 6.00. The van der Waals surface area contributed by atoms with E-state index in [0.29, 0.717) is 18.0 Å². The van der Waals surface area contributed by atoms with E-state index in [-0.39, 0.29) is 0 Å². The lowest BCUT2D eigenvalue weighted by molar-refractivity contribution is 0.114. The number of benzene rings is 1. The summed E-state index contributed by atoms with van der Waals surface area (Å²) in [6.07, 6.45) is 5.07. The van der Waals surface area contributed by atoms with E-state index in [9.17, 15) is 0 Å². The third-order valence-electron chi connectivity index (χ3n) is 4.91. The number of nitrogens with zero attached hydrogens (tertiary/aromatic N) is 2. The monoisotopic (exact) mass is 330 g/mol. The number of ether oxygens (including phenoxy) is 1. The van der Waals surface area contributed by atoms with Gasteiger partial charge in [0.1, 0.15) is 0 Å². The van der Waals surface area contributed by atoms with Crippen LogP contribution in [-0.2, 0) is 11.3 Å². The van der Waals surface area contributed by atoms with Gasteiger partial charge in [-0.3, -0.25) is 9.89 Å². The van der Waals surface area contributed by atoms with E-state index in [2.05, 4.69) is 45.5 Å². The predicted molar refractivity (Wildman–Crippen MR) is 97.9 cm³/mol. The van der Waals surface area contributed by atoms with Crippen molar-refractivity contribution in [3.8, 4) is 0 Å². The number of hydrogen-bond acceptors (Lipinski definition) is 3. The quantitative estimate of drug-likeness (QED) is 0.618. The Kier molecular flexibility index (Phi) is 6.49. The fourth-order valence-electron chi connectivity index (χ4n) is 3.59. The molecule has 2 aliphatic rings. The highest BCUT2D eigenvalue weighted by molar-refractivity contribution is 5.77. The van der Waals surface area contributed by atoms with Crippen molar-refractivity contribution in [1.29, 1.82) is 0 Å². The van der Waals surface area contributed by atoms with Crippen LogP contribution in [0.3, 0.4) is 0 Å². The van der Waals surface area contributed by atoms with Crippen LogP contribution in [0.15, 0.2) is 35.3 Å². The Balaban J connectivity index is 1.40. The largest absolute Gasteiger partial charge is 0.376 e. The van der Waals surface area contributed by atoms with Gasteiger partial charge in [0, 0.05) is 32.8 Å². The molecule has 0 amide bonds. The van der Waals surface area contributed by atoms with Crippen molar-refractivity contribution < 1.29 is 4.74 Å². The second-order valence-corrected chi connectivity index (χ2v) is 6.97. The summed E-state index contributed by atoms with van der Waals surface area (Å²) in [7, 11) is 0. The average Bonchev–Trinajstić information content (AvgIpc) is 3.13. The Labute approximate surface area is 145 Å².